The van der Waals surface area contributed by atoms with E-state index in [0.717, 1.165) is 0 Å². The quantitative estimate of drug-likeness (QED) is 0.566. The van der Waals surface area contributed by atoms with Crippen molar-refractivity contribution in [3.8, 4) is 0 Å². The number of ether oxygens (including phenoxy) is 3. The fourth-order valence-electron chi connectivity index (χ4n) is 2.06. The lowest BCUT2D eigenvalue weighted by atomic mass is 10.2. The molecule has 0 radical (unpaired) electrons. The molecule has 0 bridgehead atoms. The number of imide groups is 1. The van der Waals surface area contributed by atoms with Crippen LogP contribution in [-0.4, -0.2) is 51.1 Å². The molecule has 0 spiro atoms. The van der Waals surface area contributed by atoms with Crippen LogP contribution in [0.4, 0.5) is 15.5 Å². The van der Waals surface area contributed by atoms with Crippen LogP contribution < -0.4 is 4.90 Å². The van der Waals surface area contributed by atoms with Gasteiger partial charge in [-0.1, -0.05) is 0 Å². The first-order valence-corrected chi connectivity index (χ1v) is 8.51. The van der Waals surface area contributed by atoms with Crippen molar-refractivity contribution in [1.29, 1.82) is 0 Å². The smallest absolute Gasteiger partial charge is 0.427 e. The highest BCUT2D eigenvalue weighted by atomic mass is 16.6. The number of fused-ring (bicyclic) bond motifs is 1. The molecule has 0 saturated heterocycles. The van der Waals surface area contributed by atoms with Crippen molar-refractivity contribution < 1.29 is 28.6 Å². The number of hydrogen-bond donors (Lipinski definition) is 0. The van der Waals surface area contributed by atoms with Gasteiger partial charge in [-0.05, 0) is 53.7 Å². The predicted molar refractivity (Wildman–Crippen MR) is 99.3 cm³/mol. The van der Waals surface area contributed by atoms with Gasteiger partial charge in [-0.2, -0.15) is 4.98 Å². The number of pyridine rings is 1. The summed E-state index contributed by atoms with van der Waals surface area (Å²) < 4.78 is 16.6. The first-order chi connectivity index (χ1) is 12.8. The van der Waals surface area contributed by atoms with Gasteiger partial charge in [0.15, 0.2) is 5.65 Å². The van der Waals surface area contributed by atoms with E-state index in [1.54, 1.807) is 41.5 Å². The summed E-state index contributed by atoms with van der Waals surface area (Å²) in [5, 5.41) is 4.12. The van der Waals surface area contributed by atoms with Crippen LogP contribution in [0.5, 0.6) is 0 Å². The second kappa shape index (κ2) is 7.45. The number of aromatic nitrogens is 3. The topological polar surface area (TPSA) is 112 Å². The number of amides is 2. The molecular formula is C18H24N4O6. The third-order valence-corrected chi connectivity index (χ3v) is 3.10. The summed E-state index contributed by atoms with van der Waals surface area (Å²) in [6.07, 6.45) is -0.503. The molecule has 0 aliphatic heterocycles. The number of carbonyl (C=O) groups is 3. The fraction of sp³-hybridized carbons (Fsp3) is 0.500. The van der Waals surface area contributed by atoms with E-state index in [2.05, 4.69) is 14.8 Å². The summed E-state index contributed by atoms with van der Waals surface area (Å²) in [5.41, 5.74) is -1.23. The number of carbonyl (C=O) groups excluding carboxylic acids is 3. The zero-order chi connectivity index (χ0) is 21.3. The Labute approximate surface area is 162 Å². The number of hydrogen-bond acceptors (Lipinski definition) is 8. The minimum Gasteiger partial charge on any atom is -0.465 e. The maximum Gasteiger partial charge on any atom is 0.427 e. The van der Waals surface area contributed by atoms with Crippen molar-refractivity contribution in [2.75, 3.05) is 12.0 Å². The Morgan fingerprint density at radius 1 is 1.00 bits per heavy atom. The highest BCUT2D eigenvalue weighted by molar-refractivity contribution is 6.08. The van der Waals surface area contributed by atoms with Crippen LogP contribution in [0, 0.1) is 0 Å². The van der Waals surface area contributed by atoms with Crippen molar-refractivity contribution >= 4 is 29.8 Å². The molecule has 0 saturated carbocycles. The van der Waals surface area contributed by atoms with Crippen LogP contribution in [0.2, 0.25) is 0 Å². The molecule has 2 aromatic heterocycles. The molecule has 0 unspecified atom stereocenters. The van der Waals surface area contributed by atoms with Crippen LogP contribution in [0.15, 0.2) is 18.3 Å². The minimum absolute atomic E-state index is 0.231. The normalized spacial score (nSPS) is 11.8. The first-order valence-electron chi connectivity index (χ1n) is 8.51. The van der Waals surface area contributed by atoms with E-state index in [1.807, 2.05) is 0 Å². The molecule has 10 nitrogen and oxygen atoms in total. The lowest BCUT2D eigenvalue weighted by molar-refractivity contribution is 0.0426. The SMILES string of the molecule is COC(=O)c1ccn2nc(N(C(=O)OC(C)(C)C)C(=O)OC(C)(C)C)nc2c1. The Morgan fingerprint density at radius 3 is 2.00 bits per heavy atom. The van der Waals surface area contributed by atoms with Gasteiger partial charge in [0.05, 0.1) is 12.7 Å². The lowest BCUT2D eigenvalue weighted by Gasteiger charge is -2.26. The van der Waals surface area contributed by atoms with Gasteiger partial charge in [0, 0.05) is 6.20 Å². The van der Waals surface area contributed by atoms with Gasteiger partial charge in [-0.3, -0.25) is 0 Å². The largest absolute Gasteiger partial charge is 0.465 e. The van der Waals surface area contributed by atoms with Gasteiger partial charge >= 0.3 is 18.2 Å². The van der Waals surface area contributed by atoms with Crippen molar-refractivity contribution in [1.82, 2.24) is 14.6 Å². The standard InChI is InChI=1S/C18H24N4O6/c1-17(2,3)27-15(24)22(16(25)28-18(4,5)6)14-19-12-10-11(13(23)26-7)8-9-21(12)20-14/h8-10H,1-7H3. The zero-order valence-corrected chi connectivity index (χ0v) is 17.0. The molecular weight excluding hydrogens is 368 g/mol. The highest BCUT2D eigenvalue weighted by Gasteiger charge is 2.35. The monoisotopic (exact) mass is 392 g/mol. The van der Waals surface area contributed by atoms with Crippen LogP contribution in [0.1, 0.15) is 51.9 Å². The van der Waals surface area contributed by atoms with Gasteiger partial charge in [0.25, 0.3) is 5.95 Å². The van der Waals surface area contributed by atoms with Crippen molar-refractivity contribution in [3.63, 3.8) is 0 Å². The number of nitrogens with zero attached hydrogens (tertiary/aromatic N) is 4. The van der Waals surface area contributed by atoms with Gasteiger partial charge in [-0.15, -0.1) is 10.00 Å². The highest BCUT2D eigenvalue weighted by Crippen LogP contribution is 2.20. The molecule has 2 aromatic rings. The zero-order valence-electron chi connectivity index (χ0n) is 17.0. The Morgan fingerprint density at radius 2 is 1.54 bits per heavy atom. The van der Waals surface area contributed by atoms with Crippen LogP contribution >= 0.6 is 0 Å². The summed E-state index contributed by atoms with van der Waals surface area (Å²) in [7, 11) is 1.26. The average molecular weight is 392 g/mol. The number of anilines is 1. The number of rotatable bonds is 2. The Balaban J connectivity index is 2.48. The minimum atomic E-state index is -0.981. The summed E-state index contributed by atoms with van der Waals surface area (Å²) in [6.45, 7) is 9.99. The van der Waals surface area contributed by atoms with Crippen LogP contribution in [-0.2, 0) is 14.2 Å². The Bertz CT molecular complexity index is 879. The van der Waals surface area contributed by atoms with Gasteiger partial charge in [0.1, 0.15) is 11.2 Å². The van der Waals surface area contributed by atoms with E-state index in [0.29, 0.717) is 4.90 Å². The van der Waals surface area contributed by atoms with E-state index in [4.69, 9.17) is 9.47 Å². The Hall–Kier alpha value is -3.17. The second-order valence-corrected chi connectivity index (χ2v) is 7.92. The molecule has 0 aromatic carbocycles. The first kappa shape index (κ1) is 21.1. The van der Waals surface area contributed by atoms with E-state index in [-0.39, 0.29) is 17.2 Å². The molecule has 0 fully saturated rings. The van der Waals surface area contributed by atoms with E-state index in [9.17, 15) is 14.4 Å². The van der Waals surface area contributed by atoms with Crippen molar-refractivity contribution in [2.45, 2.75) is 52.7 Å². The maximum absolute atomic E-state index is 12.6. The predicted octanol–water partition coefficient (Wildman–Crippen LogP) is 3.19. The van der Waals surface area contributed by atoms with Crippen LogP contribution in [0.25, 0.3) is 5.65 Å². The lowest BCUT2D eigenvalue weighted by Crippen LogP contribution is -2.44. The third-order valence-electron chi connectivity index (χ3n) is 3.10. The molecule has 28 heavy (non-hydrogen) atoms. The number of methoxy groups -OCH3 is 1. The van der Waals surface area contributed by atoms with E-state index < -0.39 is 29.4 Å². The van der Waals surface area contributed by atoms with E-state index >= 15 is 0 Å². The summed E-state index contributed by atoms with van der Waals surface area (Å²) in [4.78, 5) is 41.7. The Kier molecular flexibility index (Phi) is 5.62. The molecule has 2 heterocycles. The number of esters is 1. The van der Waals surface area contributed by atoms with Crippen molar-refractivity contribution in [3.05, 3.63) is 23.9 Å². The van der Waals surface area contributed by atoms with Crippen molar-refractivity contribution in [2.24, 2.45) is 0 Å². The summed E-state index contributed by atoms with van der Waals surface area (Å²) >= 11 is 0. The summed E-state index contributed by atoms with van der Waals surface area (Å²) in [6, 6.07) is 2.90. The molecule has 0 aliphatic carbocycles. The molecule has 2 rings (SSSR count). The molecule has 152 valence electrons. The second-order valence-electron chi connectivity index (χ2n) is 7.92. The van der Waals surface area contributed by atoms with Gasteiger partial charge in [-0.25, -0.2) is 18.9 Å². The van der Waals surface area contributed by atoms with Gasteiger partial charge in [0.2, 0.25) is 0 Å². The average Bonchev–Trinajstić information content (AvgIpc) is 2.92. The third kappa shape index (κ3) is 5.18. The molecule has 0 aliphatic rings. The molecule has 0 N–H and O–H groups in total. The maximum atomic E-state index is 12.6. The fourth-order valence-corrected chi connectivity index (χ4v) is 2.06. The molecule has 2 amide bonds. The molecule has 10 heteroatoms. The van der Waals surface area contributed by atoms with Crippen LogP contribution in [0.3, 0.4) is 0 Å². The van der Waals surface area contributed by atoms with E-state index in [1.165, 1.54) is 30.0 Å². The van der Waals surface area contributed by atoms with Gasteiger partial charge < -0.3 is 14.2 Å². The summed E-state index contributed by atoms with van der Waals surface area (Å²) in [5.74, 6) is -0.797. The molecule has 0 atom stereocenters.